The summed E-state index contributed by atoms with van der Waals surface area (Å²) in [6.07, 6.45) is 2.80. The number of hydrogen-bond acceptors (Lipinski definition) is 0. The Hall–Kier alpha value is -0.330. The van der Waals surface area contributed by atoms with Crippen LogP contribution in [0.25, 0.3) is 0 Å². The molecule has 1 aliphatic carbocycles. The fourth-order valence-electron chi connectivity index (χ4n) is 1.18. The number of rotatable bonds is 0. The molecule has 0 saturated carbocycles. The molecule has 0 radical (unpaired) electrons. The second-order valence-electron chi connectivity index (χ2n) is 3.03. The molecule has 0 aliphatic heterocycles. The van der Waals surface area contributed by atoms with Gasteiger partial charge in [-0.2, -0.15) is 0 Å². The Morgan fingerprint density at radius 3 is 2.67 bits per heavy atom. The van der Waals surface area contributed by atoms with Crippen LogP contribution in [0, 0.1) is 5.92 Å². The van der Waals surface area contributed by atoms with Gasteiger partial charge in [-0.3, -0.25) is 0 Å². The lowest BCUT2D eigenvalue weighted by Crippen LogP contribution is -2.02. The van der Waals surface area contributed by atoms with Crippen LogP contribution in [0.15, 0.2) is 11.4 Å². The summed E-state index contributed by atoms with van der Waals surface area (Å²) in [6, 6.07) is 0. The van der Waals surface area contributed by atoms with Gasteiger partial charge in [-0.05, 0) is 31.3 Å². The van der Waals surface area contributed by atoms with Gasteiger partial charge in [0.1, 0.15) is 0 Å². The second kappa shape index (κ2) is 2.51. The molecule has 52 valence electrons. The Bertz CT molecular complexity index is 136. The van der Waals surface area contributed by atoms with Crippen LogP contribution in [0.3, 0.4) is 0 Å². The molecule has 1 rings (SSSR count). The lowest BCUT2D eigenvalue weighted by molar-refractivity contribution is 0.422. The Balaban J connectivity index is 2.61. The van der Waals surface area contributed by atoms with Gasteiger partial charge in [0.05, 0.1) is 5.83 Å². The first-order valence-electron chi connectivity index (χ1n) is 3.54. The minimum absolute atomic E-state index is 0.133. The van der Waals surface area contributed by atoms with Crippen molar-refractivity contribution in [2.45, 2.75) is 33.1 Å². The van der Waals surface area contributed by atoms with E-state index in [0.29, 0.717) is 12.3 Å². The summed E-state index contributed by atoms with van der Waals surface area (Å²) in [6.45, 7) is 3.99. The summed E-state index contributed by atoms with van der Waals surface area (Å²) in [5.74, 6) is 0.697. The van der Waals surface area contributed by atoms with Gasteiger partial charge in [0.2, 0.25) is 0 Å². The van der Waals surface area contributed by atoms with Crippen molar-refractivity contribution in [1.29, 1.82) is 0 Å². The number of hydrogen-bond donors (Lipinski definition) is 0. The van der Waals surface area contributed by atoms with E-state index in [4.69, 9.17) is 0 Å². The SMILES string of the molecule is CC1=C(F)C[C@@H](C)CC1. The van der Waals surface area contributed by atoms with E-state index in [1.807, 2.05) is 6.92 Å². The molecule has 1 heteroatoms. The topological polar surface area (TPSA) is 0 Å². The minimum atomic E-state index is 0.133. The first-order valence-corrected chi connectivity index (χ1v) is 3.54. The minimum Gasteiger partial charge on any atom is -0.212 e. The highest BCUT2D eigenvalue weighted by atomic mass is 19.1. The Kier molecular flexibility index (Phi) is 1.89. The van der Waals surface area contributed by atoms with E-state index < -0.39 is 0 Å². The predicted octanol–water partition coefficient (Wildman–Crippen LogP) is 3.05. The first-order chi connectivity index (χ1) is 4.20. The van der Waals surface area contributed by atoms with E-state index >= 15 is 0 Å². The average Bonchev–Trinajstić information content (AvgIpc) is 1.80. The van der Waals surface area contributed by atoms with Crippen LogP contribution < -0.4 is 0 Å². The zero-order valence-corrected chi connectivity index (χ0v) is 6.08. The summed E-state index contributed by atoms with van der Waals surface area (Å²) in [7, 11) is 0. The highest BCUT2D eigenvalue weighted by Crippen LogP contribution is 2.28. The molecule has 0 aromatic carbocycles. The van der Waals surface area contributed by atoms with Crippen LogP contribution in [0.2, 0.25) is 0 Å². The third-order valence-electron chi connectivity index (χ3n) is 2.00. The van der Waals surface area contributed by atoms with Crippen LogP contribution in [-0.2, 0) is 0 Å². The van der Waals surface area contributed by atoms with Crippen molar-refractivity contribution < 1.29 is 4.39 Å². The standard InChI is InChI=1S/C8H13F/c1-6-3-4-7(2)8(9)5-6/h6H,3-5H2,1-2H3/t6-/m0/s1. The maximum Gasteiger partial charge on any atom is 0.0991 e. The van der Waals surface area contributed by atoms with E-state index in [9.17, 15) is 4.39 Å². The maximum absolute atomic E-state index is 12.7. The van der Waals surface area contributed by atoms with Gasteiger partial charge < -0.3 is 0 Å². The highest BCUT2D eigenvalue weighted by molar-refractivity contribution is 5.08. The quantitative estimate of drug-likeness (QED) is 0.470. The molecule has 0 fully saturated rings. The molecular formula is C8H13F. The zero-order chi connectivity index (χ0) is 6.85. The number of halogens is 1. The van der Waals surface area contributed by atoms with Gasteiger partial charge in [0, 0.05) is 6.42 Å². The van der Waals surface area contributed by atoms with Crippen molar-refractivity contribution in [3.05, 3.63) is 11.4 Å². The fraction of sp³-hybridized carbons (Fsp3) is 0.750. The molecule has 1 aliphatic rings. The monoisotopic (exact) mass is 128 g/mol. The maximum atomic E-state index is 12.7. The molecule has 9 heavy (non-hydrogen) atoms. The van der Waals surface area contributed by atoms with Crippen LogP contribution >= 0.6 is 0 Å². The summed E-state index contributed by atoms with van der Waals surface area (Å²) >= 11 is 0. The molecule has 1 atom stereocenters. The highest BCUT2D eigenvalue weighted by Gasteiger charge is 2.14. The largest absolute Gasteiger partial charge is 0.212 e. The lowest BCUT2D eigenvalue weighted by Gasteiger charge is -2.17. The van der Waals surface area contributed by atoms with Crippen LogP contribution in [0.4, 0.5) is 4.39 Å². The molecule has 0 aromatic rings. The molecule has 0 amide bonds. The Morgan fingerprint density at radius 2 is 2.22 bits per heavy atom. The predicted molar refractivity (Wildman–Crippen MR) is 36.8 cm³/mol. The molecule has 0 saturated heterocycles. The van der Waals surface area contributed by atoms with E-state index in [1.165, 1.54) is 6.42 Å². The zero-order valence-electron chi connectivity index (χ0n) is 6.08. The molecule has 0 nitrogen and oxygen atoms in total. The summed E-state index contributed by atoms with van der Waals surface area (Å²) in [4.78, 5) is 0. The van der Waals surface area contributed by atoms with Gasteiger partial charge in [0.25, 0.3) is 0 Å². The molecule has 0 spiro atoms. The van der Waals surface area contributed by atoms with Crippen molar-refractivity contribution in [2.24, 2.45) is 5.92 Å². The third-order valence-corrected chi connectivity index (χ3v) is 2.00. The normalized spacial score (nSPS) is 29.0. The van der Waals surface area contributed by atoms with Gasteiger partial charge in [-0.15, -0.1) is 0 Å². The van der Waals surface area contributed by atoms with Gasteiger partial charge >= 0.3 is 0 Å². The van der Waals surface area contributed by atoms with Crippen LogP contribution in [0.5, 0.6) is 0 Å². The Labute approximate surface area is 55.8 Å². The van der Waals surface area contributed by atoms with Crippen molar-refractivity contribution in [3.63, 3.8) is 0 Å². The van der Waals surface area contributed by atoms with Crippen molar-refractivity contribution in [1.82, 2.24) is 0 Å². The molecule has 0 N–H and O–H groups in total. The third kappa shape index (κ3) is 1.54. The summed E-state index contributed by atoms with van der Waals surface area (Å²) in [5.41, 5.74) is 0.966. The van der Waals surface area contributed by atoms with Crippen LogP contribution in [0.1, 0.15) is 33.1 Å². The summed E-state index contributed by atoms with van der Waals surface area (Å²) in [5, 5.41) is 0. The smallest absolute Gasteiger partial charge is 0.0991 e. The first kappa shape index (κ1) is 6.79. The van der Waals surface area contributed by atoms with Crippen molar-refractivity contribution in [2.75, 3.05) is 0 Å². The van der Waals surface area contributed by atoms with E-state index in [0.717, 1.165) is 12.0 Å². The molecule has 0 heterocycles. The number of allylic oxidation sites excluding steroid dienone is 2. The Morgan fingerprint density at radius 1 is 1.56 bits per heavy atom. The van der Waals surface area contributed by atoms with Gasteiger partial charge in [-0.25, -0.2) is 4.39 Å². The summed E-state index contributed by atoms with van der Waals surface area (Å²) < 4.78 is 12.7. The van der Waals surface area contributed by atoms with E-state index in [-0.39, 0.29) is 5.83 Å². The van der Waals surface area contributed by atoms with E-state index in [1.54, 1.807) is 0 Å². The van der Waals surface area contributed by atoms with Crippen molar-refractivity contribution >= 4 is 0 Å². The lowest BCUT2D eigenvalue weighted by atomic mass is 9.91. The van der Waals surface area contributed by atoms with E-state index in [2.05, 4.69) is 6.92 Å². The van der Waals surface area contributed by atoms with Gasteiger partial charge in [0.15, 0.2) is 0 Å². The molecule has 0 unspecified atom stereocenters. The van der Waals surface area contributed by atoms with Crippen LogP contribution in [-0.4, -0.2) is 0 Å². The second-order valence-corrected chi connectivity index (χ2v) is 3.03. The fourth-order valence-corrected chi connectivity index (χ4v) is 1.18. The molecular weight excluding hydrogens is 115 g/mol. The van der Waals surface area contributed by atoms with Gasteiger partial charge in [-0.1, -0.05) is 6.92 Å². The molecule has 0 bridgehead atoms. The average molecular weight is 128 g/mol. The van der Waals surface area contributed by atoms with Crippen molar-refractivity contribution in [3.8, 4) is 0 Å². The molecule has 0 aromatic heterocycles.